The first kappa shape index (κ1) is 13.7. The van der Waals surface area contributed by atoms with E-state index in [9.17, 15) is 9.59 Å². The van der Waals surface area contributed by atoms with Gasteiger partial charge in [0.2, 0.25) is 5.91 Å². The molecule has 0 aliphatic carbocycles. The van der Waals surface area contributed by atoms with Crippen LogP contribution in [0.5, 0.6) is 0 Å². The molecule has 3 rings (SSSR count). The van der Waals surface area contributed by atoms with Crippen molar-refractivity contribution in [2.45, 2.75) is 25.3 Å². The summed E-state index contributed by atoms with van der Waals surface area (Å²) in [5.41, 5.74) is 7.59. The Morgan fingerprint density at radius 3 is 2.90 bits per heavy atom. The second kappa shape index (κ2) is 5.27. The number of benzene rings is 1. The van der Waals surface area contributed by atoms with Crippen molar-refractivity contribution >= 4 is 23.3 Å². The smallest absolute Gasteiger partial charge is 0.335 e. The van der Waals surface area contributed by atoms with E-state index in [-0.39, 0.29) is 17.5 Å². The molecule has 1 amide bonds. The Bertz CT molecular complexity index is 588. The van der Waals surface area contributed by atoms with E-state index in [4.69, 9.17) is 10.8 Å². The number of piperidine rings is 2. The van der Waals surface area contributed by atoms with E-state index < -0.39 is 5.97 Å². The predicted octanol–water partition coefficient (Wildman–Crippen LogP) is 1.07. The largest absolute Gasteiger partial charge is 0.478 e. The number of hydrogen-bond acceptors (Lipinski definition) is 4. The van der Waals surface area contributed by atoms with Crippen molar-refractivity contribution in [1.29, 1.82) is 0 Å². The number of amides is 1. The fourth-order valence-corrected chi connectivity index (χ4v) is 3.30. The SMILES string of the molecule is Nc1cc(C(=O)O)ccc1N1CCC2NC(=O)CCC2C1. The molecule has 0 radical (unpaired) electrons. The average Bonchev–Trinajstić information content (AvgIpc) is 2.46. The van der Waals surface area contributed by atoms with E-state index >= 15 is 0 Å². The highest BCUT2D eigenvalue weighted by Crippen LogP contribution is 2.32. The third kappa shape index (κ3) is 2.66. The number of carbonyl (C=O) groups is 2. The Labute approximate surface area is 122 Å². The molecule has 112 valence electrons. The number of fused-ring (bicyclic) bond motifs is 1. The lowest BCUT2D eigenvalue weighted by atomic mass is 9.85. The van der Waals surface area contributed by atoms with Gasteiger partial charge in [0.25, 0.3) is 0 Å². The maximum absolute atomic E-state index is 11.4. The number of hydrogen-bond donors (Lipinski definition) is 3. The van der Waals surface area contributed by atoms with Crippen LogP contribution in [0.4, 0.5) is 11.4 Å². The van der Waals surface area contributed by atoms with Gasteiger partial charge in [0.1, 0.15) is 0 Å². The molecule has 1 aromatic rings. The number of carboxylic acid groups (broad SMARTS) is 1. The topological polar surface area (TPSA) is 95.7 Å². The normalized spacial score (nSPS) is 25.1. The van der Waals surface area contributed by atoms with Gasteiger partial charge in [-0.3, -0.25) is 4.79 Å². The summed E-state index contributed by atoms with van der Waals surface area (Å²) in [7, 11) is 0. The third-order valence-corrected chi connectivity index (χ3v) is 4.44. The maximum atomic E-state index is 11.4. The van der Waals surface area contributed by atoms with Gasteiger partial charge in [0.05, 0.1) is 16.9 Å². The van der Waals surface area contributed by atoms with Crippen LogP contribution in [0, 0.1) is 5.92 Å². The van der Waals surface area contributed by atoms with E-state index in [0.29, 0.717) is 18.0 Å². The van der Waals surface area contributed by atoms with Crippen LogP contribution in [0.15, 0.2) is 18.2 Å². The minimum absolute atomic E-state index is 0.148. The lowest BCUT2D eigenvalue weighted by Gasteiger charge is -2.42. The van der Waals surface area contributed by atoms with Gasteiger partial charge in [-0.25, -0.2) is 4.79 Å². The fourth-order valence-electron chi connectivity index (χ4n) is 3.30. The number of rotatable bonds is 2. The summed E-state index contributed by atoms with van der Waals surface area (Å²) in [6.07, 6.45) is 2.39. The van der Waals surface area contributed by atoms with E-state index in [1.165, 1.54) is 6.07 Å². The number of nitrogens with zero attached hydrogens (tertiary/aromatic N) is 1. The van der Waals surface area contributed by atoms with Gasteiger partial charge in [0.15, 0.2) is 0 Å². The van der Waals surface area contributed by atoms with Crippen molar-refractivity contribution in [3.63, 3.8) is 0 Å². The van der Waals surface area contributed by atoms with Gasteiger partial charge in [-0.15, -0.1) is 0 Å². The minimum atomic E-state index is -0.970. The van der Waals surface area contributed by atoms with Gasteiger partial charge in [-0.05, 0) is 37.0 Å². The fraction of sp³-hybridized carbons (Fsp3) is 0.467. The predicted molar refractivity (Wildman–Crippen MR) is 79.3 cm³/mol. The summed E-state index contributed by atoms with van der Waals surface area (Å²) in [4.78, 5) is 24.6. The monoisotopic (exact) mass is 289 g/mol. The Hall–Kier alpha value is -2.24. The molecule has 4 N–H and O–H groups in total. The van der Waals surface area contributed by atoms with Gasteiger partial charge >= 0.3 is 5.97 Å². The van der Waals surface area contributed by atoms with Crippen LogP contribution in [-0.4, -0.2) is 36.1 Å². The molecule has 2 aliphatic rings. The van der Waals surface area contributed by atoms with Gasteiger partial charge in [-0.1, -0.05) is 0 Å². The third-order valence-electron chi connectivity index (χ3n) is 4.44. The summed E-state index contributed by atoms with van der Waals surface area (Å²) >= 11 is 0. The van der Waals surface area contributed by atoms with E-state index in [2.05, 4.69) is 10.2 Å². The van der Waals surface area contributed by atoms with Crippen LogP contribution >= 0.6 is 0 Å². The molecule has 0 spiro atoms. The Kier molecular flexibility index (Phi) is 3.45. The molecule has 1 aromatic carbocycles. The second-order valence-corrected chi connectivity index (χ2v) is 5.79. The molecule has 6 nitrogen and oxygen atoms in total. The summed E-state index contributed by atoms with van der Waals surface area (Å²) in [5.74, 6) is -0.382. The molecule has 2 aliphatic heterocycles. The Morgan fingerprint density at radius 2 is 2.19 bits per heavy atom. The Balaban J connectivity index is 1.76. The Morgan fingerprint density at radius 1 is 1.38 bits per heavy atom. The van der Waals surface area contributed by atoms with E-state index in [0.717, 1.165) is 31.6 Å². The summed E-state index contributed by atoms with van der Waals surface area (Å²) < 4.78 is 0. The first-order valence-electron chi connectivity index (χ1n) is 7.21. The lowest BCUT2D eigenvalue weighted by Crippen LogP contribution is -2.54. The van der Waals surface area contributed by atoms with Crippen molar-refractivity contribution in [2.24, 2.45) is 5.92 Å². The molecule has 2 unspecified atom stereocenters. The molecular weight excluding hydrogens is 270 g/mol. The van der Waals surface area contributed by atoms with Gasteiger partial charge < -0.3 is 21.1 Å². The van der Waals surface area contributed by atoms with Crippen molar-refractivity contribution in [3.05, 3.63) is 23.8 Å². The number of aromatic carboxylic acids is 1. The molecule has 2 fully saturated rings. The van der Waals surface area contributed by atoms with Crippen LogP contribution in [0.25, 0.3) is 0 Å². The molecule has 6 heteroatoms. The van der Waals surface area contributed by atoms with Gasteiger partial charge in [0, 0.05) is 25.6 Å². The van der Waals surface area contributed by atoms with Crippen molar-refractivity contribution < 1.29 is 14.7 Å². The zero-order valence-corrected chi connectivity index (χ0v) is 11.7. The summed E-state index contributed by atoms with van der Waals surface area (Å²) in [6.45, 7) is 1.67. The number of nitrogen functional groups attached to an aromatic ring is 1. The molecular formula is C15H19N3O3. The highest BCUT2D eigenvalue weighted by atomic mass is 16.4. The van der Waals surface area contributed by atoms with Crippen LogP contribution in [0.2, 0.25) is 0 Å². The second-order valence-electron chi connectivity index (χ2n) is 5.79. The zero-order valence-electron chi connectivity index (χ0n) is 11.7. The zero-order chi connectivity index (χ0) is 15.0. The number of anilines is 2. The standard InChI is InChI=1S/C15H19N3O3/c16-11-7-9(15(20)21)1-3-13(11)18-6-5-12-10(8-18)2-4-14(19)17-12/h1,3,7,10,12H,2,4-6,8,16H2,(H,17,19)(H,20,21). The molecule has 2 heterocycles. The molecule has 2 saturated heterocycles. The quantitative estimate of drug-likeness (QED) is 0.708. The summed E-state index contributed by atoms with van der Waals surface area (Å²) in [5, 5.41) is 12.0. The average molecular weight is 289 g/mol. The molecule has 0 saturated carbocycles. The number of carbonyl (C=O) groups excluding carboxylic acids is 1. The molecule has 21 heavy (non-hydrogen) atoms. The highest BCUT2D eigenvalue weighted by molar-refractivity contribution is 5.90. The molecule has 2 atom stereocenters. The van der Waals surface area contributed by atoms with Crippen molar-refractivity contribution in [1.82, 2.24) is 5.32 Å². The number of carboxylic acids is 1. The lowest BCUT2D eigenvalue weighted by molar-refractivity contribution is -0.124. The minimum Gasteiger partial charge on any atom is -0.478 e. The summed E-state index contributed by atoms with van der Waals surface area (Å²) in [6, 6.07) is 5.14. The molecule has 0 bridgehead atoms. The van der Waals surface area contributed by atoms with E-state index in [1.54, 1.807) is 12.1 Å². The first-order valence-corrected chi connectivity index (χ1v) is 7.21. The van der Waals surface area contributed by atoms with Crippen LogP contribution in [0.3, 0.4) is 0 Å². The van der Waals surface area contributed by atoms with E-state index in [1.807, 2.05) is 0 Å². The van der Waals surface area contributed by atoms with Crippen molar-refractivity contribution in [2.75, 3.05) is 23.7 Å². The first-order chi connectivity index (χ1) is 10.0. The maximum Gasteiger partial charge on any atom is 0.335 e. The number of nitrogens with two attached hydrogens (primary N) is 1. The highest BCUT2D eigenvalue weighted by Gasteiger charge is 2.34. The van der Waals surface area contributed by atoms with Crippen LogP contribution in [0.1, 0.15) is 29.6 Å². The van der Waals surface area contributed by atoms with Crippen LogP contribution in [-0.2, 0) is 4.79 Å². The number of nitrogens with one attached hydrogen (secondary N) is 1. The van der Waals surface area contributed by atoms with Crippen molar-refractivity contribution in [3.8, 4) is 0 Å². The molecule has 0 aromatic heterocycles. The van der Waals surface area contributed by atoms with Crippen LogP contribution < -0.4 is 16.0 Å². The van der Waals surface area contributed by atoms with Gasteiger partial charge in [-0.2, -0.15) is 0 Å².